The largest absolute Gasteiger partial charge is 0.381 e. The molecule has 1 aromatic rings. The van der Waals surface area contributed by atoms with Crippen LogP contribution < -0.4 is 0 Å². The first-order valence-corrected chi connectivity index (χ1v) is 7.14. The molecule has 3 rings (SSSR count). The van der Waals surface area contributed by atoms with Gasteiger partial charge in [-0.2, -0.15) is 11.3 Å². The van der Waals surface area contributed by atoms with Crippen LogP contribution in [0.1, 0.15) is 18.4 Å². The smallest absolute Gasteiger partial charge is 0.0959 e. The minimum atomic E-state index is 0.0922. The number of hydrogen-bond donors (Lipinski definition) is 0. The maximum atomic E-state index is 5.96. The molecule has 0 aliphatic carbocycles. The van der Waals surface area contributed by atoms with E-state index in [-0.39, 0.29) is 5.60 Å². The molecule has 2 fully saturated rings. The SMILES string of the molecule is CO[C@@H]1CCOC2(C1)CN(Cc1ccsc1)C2. The molecule has 17 heavy (non-hydrogen) atoms. The molecule has 0 amide bonds. The number of methoxy groups -OCH3 is 1. The summed E-state index contributed by atoms with van der Waals surface area (Å²) < 4.78 is 11.4. The first-order valence-electron chi connectivity index (χ1n) is 6.20. The second-order valence-corrected chi connectivity index (χ2v) is 5.94. The topological polar surface area (TPSA) is 21.7 Å². The summed E-state index contributed by atoms with van der Waals surface area (Å²) in [6.45, 7) is 4.03. The fourth-order valence-electron chi connectivity index (χ4n) is 2.93. The van der Waals surface area contributed by atoms with Crippen LogP contribution in [-0.2, 0) is 16.0 Å². The van der Waals surface area contributed by atoms with E-state index in [9.17, 15) is 0 Å². The summed E-state index contributed by atoms with van der Waals surface area (Å²) in [5, 5.41) is 4.37. The van der Waals surface area contributed by atoms with Gasteiger partial charge in [0.15, 0.2) is 0 Å². The number of nitrogens with zero attached hydrogens (tertiary/aromatic N) is 1. The number of thiophene rings is 1. The average Bonchev–Trinajstić information content (AvgIpc) is 2.80. The Balaban J connectivity index is 1.53. The molecule has 3 nitrogen and oxygen atoms in total. The van der Waals surface area contributed by atoms with Crippen LogP contribution in [0.3, 0.4) is 0 Å². The van der Waals surface area contributed by atoms with Gasteiger partial charge in [0.1, 0.15) is 0 Å². The molecule has 2 saturated heterocycles. The van der Waals surface area contributed by atoms with Gasteiger partial charge < -0.3 is 9.47 Å². The van der Waals surface area contributed by atoms with Crippen molar-refractivity contribution >= 4 is 11.3 Å². The van der Waals surface area contributed by atoms with Gasteiger partial charge in [0.25, 0.3) is 0 Å². The van der Waals surface area contributed by atoms with E-state index in [4.69, 9.17) is 9.47 Å². The molecule has 1 spiro atoms. The van der Waals surface area contributed by atoms with Gasteiger partial charge in [0.2, 0.25) is 0 Å². The molecular formula is C13H19NO2S. The fourth-order valence-corrected chi connectivity index (χ4v) is 3.59. The minimum Gasteiger partial charge on any atom is -0.381 e. The zero-order valence-corrected chi connectivity index (χ0v) is 11.0. The molecule has 0 aromatic carbocycles. The number of ether oxygens (including phenoxy) is 2. The van der Waals surface area contributed by atoms with Gasteiger partial charge in [-0.1, -0.05) is 0 Å². The molecule has 3 heterocycles. The van der Waals surface area contributed by atoms with Gasteiger partial charge in [-0.25, -0.2) is 0 Å². The fraction of sp³-hybridized carbons (Fsp3) is 0.692. The van der Waals surface area contributed by atoms with Gasteiger partial charge in [0.05, 0.1) is 11.7 Å². The van der Waals surface area contributed by atoms with E-state index in [1.807, 2.05) is 7.11 Å². The van der Waals surface area contributed by atoms with Crippen LogP contribution >= 0.6 is 11.3 Å². The van der Waals surface area contributed by atoms with Gasteiger partial charge in [-0.3, -0.25) is 4.90 Å². The van der Waals surface area contributed by atoms with E-state index >= 15 is 0 Å². The third-order valence-corrected chi connectivity index (χ3v) is 4.52. The number of likely N-dealkylation sites (tertiary alicyclic amines) is 1. The summed E-state index contributed by atoms with van der Waals surface area (Å²) in [4.78, 5) is 2.46. The Morgan fingerprint density at radius 1 is 1.59 bits per heavy atom. The molecule has 0 radical (unpaired) electrons. The molecule has 94 valence electrons. The predicted octanol–water partition coefficient (Wildman–Crippen LogP) is 2.13. The van der Waals surface area contributed by atoms with Crippen molar-refractivity contribution in [2.45, 2.75) is 31.1 Å². The van der Waals surface area contributed by atoms with E-state index in [2.05, 4.69) is 21.7 Å². The number of rotatable bonds is 3. The molecule has 0 N–H and O–H groups in total. The van der Waals surface area contributed by atoms with Crippen molar-refractivity contribution < 1.29 is 9.47 Å². The molecule has 0 saturated carbocycles. The van der Waals surface area contributed by atoms with Gasteiger partial charge in [-0.05, 0) is 28.8 Å². The lowest BCUT2D eigenvalue weighted by molar-refractivity contribution is -0.195. The Hall–Kier alpha value is -0.420. The lowest BCUT2D eigenvalue weighted by Crippen LogP contribution is -2.65. The molecule has 1 atom stereocenters. The van der Waals surface area contributed by atoms with Crippen LogP contribution in [0.15, 0.2) is 16.8 Å². The van der Waals surface area contributed by atoms with Crippen LogP contribution in [0.25, 0.3) is 0 Å². The third-order valence-electron chi connectivity index (χ3n) is 3.79. The van der Waals surface area contributed by atoms with Gasteiger partial charge in [-0.15, -0.1) is 0 Å². The Kier molecular flexibility index (Phi) is 3.21. The van der Waals surface area contributed by atoms with Gasteiger partial charge in [0, 0.05) is 39.8 Å². The highest BCUT2D eigenvalue weighted by Crippen LogP contribution is 2.35. The standard InChI is InChI=1S/C13H19NO2S/c1-15-12-2-4-16-13(6-12)9-14(10-13)7-11-3-5-17-8-11/h3,5,8,12H,2,4,6-7,9-10H2,1H3/t12-/m1/s1. The first kappa shape index (κ1) is 11.7. The van der Waals surface area contributed by atoms with Crippen LogP contribution in [0, 0.1) is 0 Å². The Morgan fingerprint density at radius 3 is 3.18 bits per heavy atom. The summed E-state index contributed by atoms with van der Waals surface area (Å²) in [6.07, 6.45) is 2.50. The van der Waals surface area contributed by atoms with Crippen molar-refractivity contribution in [3.63, 3.8) is 0 Å². The maximum Gasteiger partial charge on any atom is 0.0959 e. The summed E-state index contributed by atoms with van der Waals surface area (Å²) in [5.74, 6) is 0. The van der Waals surface area contributed by atoms with Crippen LogP contribution in [0.2, 0.25) is 0 Å². The van der Waals surface area contributed by atoms with Crippen molar-refractivity contribution in [1.82, 2.24) is 4.90 Å². The van der Waals surface area contributed by atoms with Crippen molar-refractivity contribution in [3.05, 3.63) is 22.4 Å². The highest BCUT2D eigenvalue weighted by molar-refractivity contribution is 7.07. The second-order valence-electron chi connectivity index (χ2n) is 5.16. The van der Waals surface area contributed by atoms with Crippen molar-refractivity contribution in [1.29, 1.82) is 0 Å². The highest BCUT2D eigenvalue weighted by atomic mass is 32.1. The normalized spacial score (nSPS) is 28.2. The molecule has 1 aromatic heterocycles. The van der Waals surface area contributed by atoms with Crippen LogP contribution in [0.4, 0.5) is 0 Å². The van der Waals surface area contributed by atoms with Crippen LogP contribution in [-0.4, -0.2) is 43.4 Å². The summed E-state index contributed by atoms with van der Waals surface area (Å²) in [5.41, 5.74) is 1.51. The van der Waals surface area contributed by atoms with Gasteiger partial charge >= 0.3 is 0 Å². The van der Waals surface area contributed by atoms with Crippen molar-refractivity contribution in [3.8, 4) is 0 Å². The Bertz CT molecular complexity index is 360. The van der Waals surface area contributed by atoms with E-state index in [0.717, 1.165) is 39.1 Å². The lowest BCUT2D eigenvalue weighted by Gasteiger charge is -2.53. The lowest BCUT2D eigenvalue weighted by atomic mass is 9.84. The monoisotopic (exact) mass is 253 g/mol. The molecule has 0 unspecified atom stereocenters. The second kappa shape index (κ2) is 4.69. The molecule has 2 aliphatic rings. The molecule has 2 aliphatic heterocycles. The summed E-state index contributed by atoms with van der Waals surface area (Å²) in [6, 6.07) is 2.20. The average molecular weight is 253 g/mol. The minimum absolute atomic E-state index is 0.0922. The zero-order valence-electron chi connectivity index (χ0n) is 10.2. The predicted molar refractivity (Wildman–Crippen MR) is 68.3 cm³/mol. The van der Waals surface area contributed by atoms with Crippen molar-refractivity contribution in [2.75, 3.05) is 26.8 Å². The molecule has 0 bridgehead atoms. The summed E-state index contributed by atoms with van der Waals surface area (Å²) >= 11 is 1.77. The van der Waals surface area contributed by atoms with Crippen molar-refractivity contribution in [2.24, 2.45) is 0 Å². The molecule has 4 heteroatoms. The highest BCUT2D eigenvalue weighted by Gasteiger charge is 2.47. The van der Waals surface area contributed by atoms with E-state index in [0.29, 0.717) is 6.10 Å². The zero-order chi connectivity index (χ0) is 11.7. The Morgan fingerprint density at radius 2 is 2.47 bits per heavy atom. The Labute approximate surface area is 106 Å². The summed E-state index contributed by atoms with van der Waals surface area (Å²) in [7, 11) is 1.81. The maximum absolute atomic E-state index is 5.96. The quantitative estimate of drug-likeness (QED) is 0.823. The van der Waals surface area contributed by atoms with E-state index in [1.54, 1.807) is 11.3 Å². The first-order chi connectivity index (χ1) is 8.30. The molecular weight excluding hydrogens is 234 g/mol. The third kappa shape index (κ3) is 2.40. The van der Waals surface area contributed by atoms with E-state index < -0.39 is 0 Å². The van der Waals surface area contributed by atoms with Crippen LogP contribution in [0.5, 0.6) is 0 Å². The van der Waals surface area contributed by atoms with E-state index in [1.165, 1.54) is 5.56 Å². The number of hydrogen-bond acceptors (Lipinski definition) is 4.